The summed E-state index contributed by atoms with van der Waals surface area (Å²) < 4.78 is 5.67. The molecule has 0 radical (unpaired) electrons. The number of amides is 2. The number of nitrogens with one attached hydrogen (secondary N) is 1. The van der Waals surface area contributed by atoms with Gasteiger partial charge in [0.1, 0.15) is 11.8 Å². The van der Waals surface area contributed by atoms with E-state index in [-0.39, 0.29) is 25.0 Å². The molecule has 0 aromatic heterocycles. The molecule has 0 heterocycles. The van der Waals surface area contributed by atoms with Crippen molar-refractivity contribution in [1.29, 1.82) is 0 Å². The van der Waals surface area contributed by atoms with Crippen molar-refractivity contribution in [2.24, 2.45) is 0 Å². The quantitative estimate of drug-likeness (QED) is 0.644. The Morgan fingerprint density at radius 1 is 1.10 bits per heavy atom. The number of halogens is 2. The van der Waals surface area contributed by atoms with Crippen LogP contribution in [0.15, 0.2) is 42.5 Å². The Balaban J connectivity index is 2.20. The molecule has 5 nitrogen and oxygen atoms in total. The van der Waals surface area contributed by atoms with E-state index in [1.165, 1.54) is 4.90 Å². The van der Waals surface area contributed by atoms with E-state index in [1.54, 1.807) is 31.2 Å². The van der Waals surface area contributed by atoms with Gasteiger partial charge in [0.25, 0.3) is 5.91 Å². The van der Waals surface area contributed by atoms with Crippen LogP contribution in [-0.2, 0) is 16.1 Å². The molecule has 30 heavy (non-hydrogen) atoms. The van der Waals surface area contributed by atoms with Gasteiger partial charge >= 0.3 is 0 Å². The number of benzene rings is 2. The highest BCUT2D eigenvalue weighted by Crippen LogP contribution is 2.24. The maximum absolute atomic E-state index is 13.0. The minimum atomic E-state index is -0.702. The molecule has 0 fully saturated rings. The molecule has 1 unspecified atom stereocenters. The van der Waals surface area contributed by atoms with Gasteiger partial charge in [0, 0.05) is 12.1 Å². The zero-order valence-corrected chi connectivity index (χ0v) is 19.5. The van der Waals surface area contributed by atoms with Crippen molar-refractivity contribution < 1.29 is 14.3 Å². The molecule has 1 atom stereocenters. The first-order chi connectivity index (χ1) is 14.0. The Morgan fingerprint density at radius 2 is 1.80 bits per heavy atom. The predicted octanol–water partition coefficient (Wildman–Crippen LogP) is 5.01. The first kappa shape index (κ1) is 24.0. The molecule has 0 saturated carbocycles. The lowest BCUT2D eigenvalue weighted by Crippen LogP contribution is -2.53. The molecule has 2 aromatic carbocycles. The fourth-order valence-corrected chi connectivity index (χ4v) is 3.15. The maximum Gasteiger partial charge on any atom is 0.261 e. The van der Waals surface area contributed by atoms with Gasteiger partial charge in [-0.05, 0) is 70.0 Å². The van der Waals surface area contributed by atoms with Crippen molar-refractivity contribution in [2.75, 3.05) is 6.61 Å². The molecule has 2 amide bonds. The Labute approximate surface area is 188 Å². The lowest BCUT2D eigenvalue weighted by molar-refractivity contribution is -0.142. The number of ether oxygens (including phenoxy) is 1. The third kappa shape index (κ3) is 7.22. The monoisotopic (exact) mass is 450 g/mol. The number of hydrogen-bond acceptors (Lipinski definition) is 3. The van der Waals surface area contributed by atoms with Crippen LogP contribution in [0.1, 0.15) is 38.8 Å². The summed E-state index contributed by atoms with van der Waals surface area (Å²) in [6, 6.07) is 11.9. The van der Waals surface area contributed by atoms with Crippen molar-refractivity contribution in [2.45, 2.75) is 52.7 Å². The van der Waals surface area contributed by atoms with Crippen LogP contribution in [0.5, 0.6) is 5.75 Å². The second-order valence-electron chi connectivity index (χ2n) is 8.29. The van der Waals surface area contributed by atoms with Crippen LogP contribution in [0.4, 0.5) is 0 Å². The molecule has 0 bridgehead atoms. The Kier molecular flexibility index (Phi) is 8.16. The van der Waals surface area contributed by atoms with Gasteiger partial charge in [0.15, 0.2) is 6.61 Å². The minimum Gasteiger partial charge on any atom is -0.484 e. The van der Waals surface area contributed by atoms with Crippen LogP contribution in [0, 0.1) is 6.92 Å². The average Bonchev–Trinajstić information content (AvgIpc) is 2.65. The van der Waals surface area contributed by atoms with Gasteiger partial charge in [-0.15, -0.1) is 0 Å². The molecule has 0 spiro atoms. The molecular weight excluding hydrogens is 423 g/mol. The van der Waals surface area contributed by atoms with E-state index < -0.39 is 11.6 Å². The van der Waals surface area contributed by atoms with Crippen LogP contribution in [-0.4, -0.2) is 34.9 Å². The van der Waals surface area contributed by atoms with Crippen molar-refractivity contribution in [3.63, 3.8) is 0 Å². The zero-order chi connectivity index (χ0) is 22.5. The maximum atomic E-state index is 13.0. The summed E-state index contributed by atoms with van der Waals surface area (Å²) in [5, 5.41) is 3.74. The highest BCUT2D eigenvalue weighted by atomic mass is 35.5. The van der Waals surface area contributed by atoms with Crippen molar-refractivity contribution in [1.82, 2.24) is 10.2 Å². The largest absolute Gasteiger partial charge is 0.484 e. The zero-order valence-electron chi connectivity index (χ0n) is 18.0. The van der Waals surface area contributed by atoms with Gasteiger partial charge in [-0.3, -0.25) is 9.59 Å². The summed E-state index contributed by atoms with van der Waals surface area (Å²) in [6.45, 7) is 9.34. The molecule has 0 saturated heterocycles. The van der Waals surface area contributed by atoms with Crippen molar-refractivity contribution >= 4 is 35.0 Å². The first-order valence-electron chi connectivity index (χ1n) is 9.71. The Bertz CT molecular complexity index is 910. The lowest BCUT2D eigenvalue weighted by atomic mass is 10.1. The Morgan fingerprint density at radius 3 is 2.40 bits per heavy atom. The van der Waals surface area contributed by atoms with E-state index in [1.807, 2.05) is 45.9 Å². The summed E-state index contributed by atoms with van der Waals surface area (Å²) >= 11 is 12.1. The molecule has 1 N–H and O–H groups in total. The number of nitrogens with zero attached hydrogens (tertiary/aromatic N) is 1. The van der Waals surface area contributed by atoms with E-state index in [9.17, 15) is 9.59 Å². The summed E-state index contributed by atoms with van der Waals surface area (Å²) in [5.74, 6) is 0.0511. The number of carbonyl (C=O) groups excluding carboxylic acids is 2. The fourth-order valence-electron chi connectivity index (χ4n) is 2.82. The molecule has 0 aliphatic rings. The van der Waals surface area contributed by atoms with Crippen molar-refractivity contribution in [3.05, 3.63) is 63.6 Å². The number of aryl methyl sites for hydroxylation is 1. The molecule has 7 heteroatoms. The van der Waals surface area contributed by atoms with E-state index in [0.717, 1.165) is 11.1 Å². The summed E-state index contributed by atoms with van der Waals surface area (Å²) in [5.41, 5.74) is 1.39. The highest BCUT2D eigenvalue weighted by molar-refractivity contribution is 6.42. The van der Waals surface area contributed by atoms with E-state index in [4.69, 9.17) is 27.9 Å². The number of rotatable bonds is 7. The van der Waals surface area contributed by atoms with Crippen LogP contribution in [0.25, 0.3) is 0 Å². The summed E-state index contributed by atoms with van der Waals surface area (Å²) in [6.07, 6.45) is 0. The van der Waals surface area contributed by atoms with Crippen LogP contribution >= 0.6 is 23.2 Å². The van der Waals surface area contributed by atoms with Gasteiger partial charge in [0.05, 0.1) is 10.0 Å². The van der Waals surface area contributed by atoms with Gasteiger partial charge in [-0.2, -0.15) is 0 Å². The van der Waals surface area contributed by atoms with Gasteiger partial charge in [0.2, 0.25) is 5.91 Å². The second kappa shape index (κ2) is 10.2. The number of hydrogen-bond donors (Lipinski definition) is 1. The molecule has 0 aliphatic heterocycles. The Hall–Kier alpha value is -2.24. The second-order valence-corrected chi connectivity index (χ2v) is 9.10. The van der Waals surface area contributed by atoms with Crippen LogP contribution in [0.3, 0.4) is 0 Å². The topological polar surface area (TPSA) is 58.6 Å². The third-order valence-corrected chi connectivity index (χ3v) is 5.09. The fraction of sp³-hybridized carbons (Fsp3) is 0.391. The molecule has 162 valence electrons. The van der Waals surface area contributed by atoms with E-state index in [0.29, 0.717) is 15.8 Å². The molecule has 0 aliphatic carbocycles. The summed E-state index contributed by atoms with van der Waals surface area (Å²) in [4.78, 5) is 27.3. The molecule has 2 aromatic rings. The van der Waals surface area contributed by atoms with Crippen LogP contribution in [0.2, 0.25) is 10.0 Å². The summed E-state index contributed by atoms with van der Waals surface area (Å²) in [7, 11) is 0. The van der Waals surface area contributed by atoms with Crippen LogP contribution < -0.4 is 10.1 Å². The van der Waals surface area contributed by atoms with Gasteiger partial charge < -0.3 is 15.0 Å². The molecule has 2 rings (SSSR count). The highest BCUT2D eigenvalue weighted by Gasteiger charge is 2.28. The lowest BCUT2D eigenvalue weighted by Gasteiger charge is -2.31. The van der Waals surface area contributed by atoms with E-state index in [2.05, 4.69) is 5.32 Å². The molecular formula is C23H28Cl2N2O3. The standard InChI is InChI=1S/C23H28Cl2N2O3/c1-15-7-6-8-18(11-15)30-14-21(28)27(16(2)22(29)26-23(3,4)5)13-17-9-10-19(24)20(25)12-17/h6-12,16H,13-14H2,1-5H3,(H,26,29). The van der Waals surface area contributed by atoms with E-state index >= 15 is 0 Å². The normalized spacial score (nSPS) is 12.2. The third-order valence-electron chi connectivity index (χ3n) is 4.35. The minimum absolute atomic E-state index is 0.183. The first-order valence-corrected chi connectivity index (χ1v) is 10.5. The number of carbonyl (C=O) groups is 2. The predicted molar refractivity (Wildman–Crippen MR) is 121 cm³/mol. The average molecular weight is 451 g/mol. The van der Waals surface area contributed by atoms with Gasteiger partial charge in [-0.25, -0.2) is 0 Å². The van der Waals surface area contributed by atoms with Crippen molar-refractivity contribution in [3.8, 4) is 5.75 Å². The SMILES string of the molecule is Cc1cccc(OCC(=O)N(Cc2ccc(Cl)c(Cl)c2)C(C)C(=O)NC(C)(C)C)c1. The smallest absolute Gasteiger partial charge is 0.261 e. The van der Waals surface area contributed by atoms with Gasteiger partial charge in [-0.1, -0.05) is 41.4 Å².